The predicted octanol–water partition coefficient (Wildman–Crippen LogP) is 6.86. The highest BCUT2D eigenvalue weighted by molar-refractivity contribution is 5.86. The highest BCUT2D eigenvalue weighted by Gasteiger charge is 2.03. The Morgan fingerprint density at radius 2 is 0.426 bits per heavy atom. The third-order valence-corrected chi connectivity index (χ3v) is 8.06. The minimum absolute atomic E-state index is 0. The smallest absolute Gasteiger partial charge is 0.0205 e. The fraction of sp³-hybridized carbons (Fsp3) is 0.833. The molecule has 9 nitrogen and oxygen atoms in total. The maximum absolute atomic E-state index is 3.70. The molecular formula is C36H84Cl9N9. The van der Waals surface area contributed by atoms with Crippen LogP contribution in [-0.2, 0) is 19.6 Å². The average Bonchev–Trinajstić information content (AvgIpc) is 3.05. The van der Waals surface area contributed by atoms with Crippen molar-refractivity contribution in [2.75, 3.05) is 99.7 Å². The van der Waals surface area contributed by atoms with Crippen LogP contribution in [0.2, 0.25) is 0 Å². The zero-order valence-corrected chi connectivity index (χ0v) is 40.8. The van der Waals surface area contributed by atoms with E-state index in [4.69, 9.17) is 0 Å². The lowest BCUT2D eigenvalue weighted by atomic mass is 10.0. The van der Waals surface area contributed by atoms with Gasteiger partial charge in [0.1, 0.15) is 0 Å². The molecule has 1 aromatic rings. The Labute approximate surface area is 388 Å². The summed E-state index contributed by atoms with van der Waals surface area (Å²) in [5.41, 5.74) is 4.20. The van der Waals surface area contributed by atoms with Crippen molar-refractivity contribution in [1.82, 2.24) is 47.9 Å². The highest BCUT2D eigenvalue weighted by atomic mass is 35.5. The molecule has 0 aliphatic rings. The number of nitrogens with one attached hydrogen (secondary N) is 9. The molecule has 0 atom stereocenters. The van der Waals surface area contributed by atoms with E-state index in [0.29, 0.717) is 0 Å². The largest absolute Gasteiger partial charge is 0.320 e. The van der Waals surface area contributed by atoms with Crippen molar-refractivity contribution in [3.63, 3.8) is 0 Å². The van der Waals surface area contributed by atoms with E-state index in [1.807, 2.05) is 21.1 Å². The Morgan fingerprint density at radius 1 is 0.259 bits per heavy atom. The van der Waals surface area contributed by atoms with Gasteiger partial charge in [-0.3, -0.25) is 0 Å². The zero-order valence-electron chi connectivity index (χ0n) is 33.5. The fourth-order valence-corrected chi connectivity index (χ4v) is 5.37. The Bertz CT molecular complexity index is 662. The van der Waals surface area contributed by atoms with Gasteiger partial charge in [-0.1, -0.05) is 18.2 Å². The van der Waals surface area contributed by atoms with Crippen molar-refractivity contribution in [2.45, 2.75) is 96.7 Å². The molecular weight excluding hydrogens is 878 g/mol. The Kier molecular flexibility index (Phi) is 89.8. The molecule has 0 aliphatic heterocycles. The fourth-order valence-electron chi connectivity index (χ4n) is 5.37. The van der Waals surface area contributed by atoms with Crippen molar-refractivity contribution in [3.8, 4) is 0 Å². The van der Waals surface area contributed by atoms with Crippen LogP contribution in [0.15, 0.2) is 18.2 Å². The van der Waals surface area contributed by atoms with Crippen LogP contribution in [-0.4, -0.2) is 99.7 Å². The molecule has 1 rings (SSSR count). The Morgan fingerprint density at radius 3 is 0.611 bits per heavy atom. The first-order chi connectivity index (χ1) is 22.3. The SMILES string of the molecule is CNCCCCNCCCCNCc1cc(CNCCCCNCCCCNC)cc(CNCCCCNCCCCNC)c1.Cl.Cl.Cl.Cl.Cl.Cl.Cl.Cl.Cl. The van der Waals surface area contributed by atoms with E-state index in [0.717, 1.165) is 98.2 Å². The normalized spacial score (nSPS) is 9.61. The van der Waals surface area contributed by atoms with Gasteiger partial charge in [0.15, 0.2) is 0 Å². The summed E-state index contributed by atoms with van der Waals surface area (Å²) < 4.78 is 0. The number of halogens is 9. The Hall–Kier alpha value is 1.47. The third-order valence-electron chi connectivity index (χ3n) is 8.06. The average molecular weight is 962 g/mol. The number of hydrogen-bond acceptors (Lipinski definition) is 9. The van der Waals surface area contributed by atoms with E-state index in [1.54, 1.807) is 0 Å². The molecule has 0 amide bonds. The second kappa shape index (κ2) is 63.6. The first-order valence-corrected chi connectivity index (χ1v) is 18.6. The first kappa shape index (κ1) is 76.2. The van der Waals surface area contributed by atoms with Crippen LogP contribution < -0.4 is 47.9 Å². The lowest BCUT2D eigenvalue weighted by Gasteiger charge is -2.13. The van der Waals surface area contributed by atoms with Crippen molar-refractivity contribution in [2.24, 2.45) is 0 Å². The second-order valence-corrected chi connectivity index (χ2v) is 12.5. The topological polar surface area (TPSA) is 108 Å². The number of benzene rings is 1. The first-order valence-electron chi connectivity index (χ1n) is 18.6. The summed E-state index contributed by atoms with van der Waals surface area (Å²) in [6, 6.07) is 7.18. The van der Waals surface area contributed by atoms with E-state index in [1.165, 1.54) is 93.7 Å². The third kappa shape index (κ3) is 53.5. The van der Waals surface area contributed by atoms with Gasteiger partial charge >= 0.3 is 0 Å². The van der Waals surface area contributed by atoms with E-state index in [2.05, 4.69) is 66.1 Å². The quantitative estimate of drug-likeness (QED) is 0.0334. The van der Waals surface area contributed by atoms with Crippen LogP contribution in [0.5, 0.6) is 0 Å². The van der Waals surface area contributed by atoms with Crippen LogP contribution in [0.4, 0.5) is 0 Å². The lowest BCUT2D eigenvalue weighted by molar-refractivity contribution is 0.558. The maximum atomic E-state index is 3.70. The molecule has 0 aliphatic carbocycles. The highest BCUT2D eigenvalue weighted by Crippen LogP contribution is 2.11. The van der Waals surface area contributed by atoms with Gasteiger partial charge in [0.2, 0.25) is 0 Å². The minimum atomic E-state index is 0. The summed E-state index contributed by atoms with van der Waals surface area (Å²) in [4.78, 5) is 0. The summed E-state index contributed by atoms with van der Waals surface area (Å²) in [5.74, 6) is 0. The molecule has 0 heterocycles. The van der Waals surface area contributed by atoms with E-state index < -0.39 is 0 Å². The molecule has 336 valence electrons. The van der Waals surface area contributed by atoms with Crippen molar-refractivity contribution < 1.29 is 0 Å². The molecule has 9 N–H and O–H groups in total. The van der Waals surface area contributed by atoms with Crippen molar-refractivity contribution in [1.29, 1.82) is 0 Å². The van der Waals surface area contributed by atoms with Gasteiger partial charge < -0.3 is 47.9 Å². The van der Waals surface area contributed by atoms with Crippen LogP contribution in [0.25, 0.3) is 0 Å². The summed E-state index contributed by atoms with van der Waals surface area (Å²) in [5, 5.41) is 31.5. The monoisotopic (exact) mass is 957 g/mol. The van der Waals surface area contributed by atoms with Crippen LogP contribution >= 0.6 is 112 Å². The van der Waals surface area contributed by atoms with E-state index >= 15 is 0 Å². The van der Waals surface area contributed by atoms with Gasteiger partial charge in [-0.15, -0.1) is 112 Å². The van der Waals surface area contributed by atoms with Crippen molar-refractivity contribution >= 4 is 112 Å². The number of unbranched alkanes of at least 4 members (excludes halogenated alkanes) is 6. The van der Waals surface area contributed by atoms with Crippen LogP contribution in [0, 0.1) is 0 Å². The van der Waals surface area contributed by atoms with Crippen LogP contribution in [0.3, 0.4) is 0 Å². The molecule has 18 heteroatoms. The van der Waals surface area contributed by atoms with Gasteiger partial charge in [0.25, 0.3) is 0 Å². The zero-order chi connectivity index (χ0) is 32.3. The lowest BCUT2D eigenvalue weighted by Crippen LogP contribution is -2.22. The Balaban J connectivity index is -0.000000321. The molecule has 0 saturated heterocycles. The summed E-state index contributed by atoms with van der Waals surface area (Å²) in [6.45, 7) is 16.2. The molecule has 1 aromatic carbocycles. The number of hydrogen-bond donors (Lipinski definition) is 9. The predicted molar refractivity (Wildman–Crippen MR) is 263 cm³/mol. The van der Waals surface area contributed by atoms with Gasteiger partial charge in [0.05, 0.1) is 0 Å². The van der Waals surface area contributed by atoms with Gasteiger partial charge in [-0.25, -0.2) is 0 Å². The van der Waals surface area contributed by atoms with Crippen LogP contribution in [0.1, 0.15) is 93.7 Å². The molecule has 0 saturated carbocycles. The second-order valence-electron chi connectivity index (χ2n) is 12.5. The molecule has 0 bridgehead atoms. The van der Waals surface area contributed by atoms with Gasteiger partial charge in [-0.2, -0.15) is 0 Å². The number of rotatable bonds is 36. The van der Waals surface area contributed by atoms with Crippen molar-refractivity contribution in [3.05, 3.63) is 34.9 Å². The van der Waals surface area contributed by atoms with E-state index in [9.17, 15) is 0 Å². The van der Waals surface area contributed by atoms with Gasteiger partial charge in [0, 0.05) is 19.6 Å². The summed E-state index contributed by atoms with van der Waals surface area (Å²) in [7, 11) is 6.08. The minimum Gasteiger partial charge on any atom is -0.320 e. The standard InChI is InChI=1S/C36H75N9.9ClH/c1-37-16-4-7-19-40-22-10-13-25-43-31-34-28-35(32-44-26-14-11-23-41-20-8-5-17-38-2)30-36(29-34)33-45-27-15-12-24-42-21-9-6-18-39-3;;;;;;;;;/h28-30,37-45H,4-27,31-33H2,1-3H3;9*1H. The van der Waals surface area contributed by atoms with E-state index in [-0.39, 0.29) is 112 Å². The molecule has 54 heavy (non-hydrogen) atoms. The molecule has 0 unspecified atom stereocenters. The molecule has 0 fully saturated rings. The molecule has 0 radical (unpaired) electrons. The molecule has 0 aromatic heterocycles. The summed E-state index contributed by atoms with van der Waals surface area (Å²) >= 11 is 0. The maximum Gasteiger partial charge on any atom is 0.0205 e. The molecule has 0 spiro atoms. The van der Waals surface area contributed by atoms with Gasteiger partial charge in [-0.05, 0) is 193 Å². The summed E-state index contributed by atoms with van der Waals surface area (Å²) in [6.07, 6.45) is 14.9.